The van der Waals surface area contributed by atoms with Crippen molar-refractivity contribution in [1.29, 1.82) is 0 Å². The molecule has 0 unspecified atom stereocenters. The third-order valence-corrected chi connectivity index (χ3v) is 5.12. The van der Waals surface area contributed by atoms with E-state index >= 15 is 0 Å². The van der Waals surface area contributed by atoms with E-state index in [1.807, 2.05) is 24.3 Å². The largest absolute Gasteiger partial charge is 0.298 e. The van der Waals surface area contributed by atoms with Crippen LogP contribution in [0.2, 0.25) is 0 Å². The van der Waals surface area contributed by atoms with Gasteiger partial charge in [-0.15, -0.1) is 0 Å². The molecule has 1 aliphatic rings. The molecule has 1 heteroatoms. The van der Waals surface area contributed by atoms with E-state index in [1.54, 1.807) is 0 Å². The monoisotopic (exact) mass is 268 g/mol. The maximum absolute atomic E-state index is 10.8. The summed E-state index contributed by atoms with van der Waals surface area (Å²) >= 11 is 0. The van der Waals surface area contributed by atoms with Gasteiger partial charge in [-0.1, -0.05) is 65.5 Å². The smallest absolute Gasteiger partial charge is 0.150 e. The van der Waals surface area contributed by atoms with Crippen LogP contribution >= 0.6 is 0 Å². The number of rotatable bonds is 4. The molecule has 0 aromatic heterocycles. The highest BCUT2D eigenvalue weighted by Crippen LogP contribution is 2.70. The van der Waals surface area contributed by atoms with Gasteiger partial charge in [0.05, 0.1) is 0 Å². The van der Waals surface area contributed by atoms with Crippen LogP contribution in [0.4, 0.5) is 0 Å². The summed E-state index contributed by atoms with van der Waals surface area (Å²) in [5.74, 6) is 0. The molecule has 0 saturated heterocycles. The molecule has 0 N–H and O–H groups in total. The Morgan fingerprint density at radius 1 is 1.10 bits per heavy atom. The zero-order valence-corrected chi connectivity index (χ0v) is 13.2. The molecule has 0 atom stereocenters. The zero-order chi connectivity index (χ0) is 15.1. The predicted octanol–water partition coefficient (Wildman–Crippen LogP) is 5.28. The second kappa shape index (κ2) is 4.73. The van der Waals surface area contributed by atoms with E-state index in [0.29, 0.717) is 0 Å². The van der Waals surface area contributed by atoms with Crippen LogP contribution in [0.3, 0.4) is 0 Å². The van der Waals surface area contributed by atoms with Gasteiger partial charge in [0, 0.05) is 5.56 Å². The van der Waals surface area contributed by atoms with Crippen LogP contribution in [-0.4, -0.2) is 6.29 Å². The fourth-order valence-electron chi connectivity index (χ4n) is 3.09. The molecular weight excluding hydrogens is 244 g/mol. The number of allylic oxidation sites excluding steroid dienone is 3. The Labute approximate surface area is 122 Å². The summed E-state index contributed by atoms with van der Waals surface area (Å²) < 4.78 is 0. The molecule has 0 radical (unpaired) electrons. The quantitative estimate of drug-likeness (QED) is 0.678. The summed E-state index contributed by atoms with van der Waals surface area (Å²) in [5, 5.41) is 0. The van der Waals surface area contributed by atoms with E-state index in [4.69, 9.17) is 0 Å². The van der Waals surface area contributed by atoms with Gasteiger partial charge in [-0.05, 0) is 39.5 Å². The highest BCUT2D eigenvalue weighted by atomic mass is 16.1. The Bertz CT molecular complexity index is 567. The van der Waals surface area contributed by atoms with Crippen LogP contribution in [0.1, 0.15) is 57.0 Å². The van der Waals surface area contributed by atoms with E-state index in [9.17, 15) is 4.79 Å². The molecule has 0 amide bonds. The Kier molecular flexibility index (Phi) is 3.49. The molecule has 1 saturated carbocycles. The molecule has 2 rings (SSSR count). The summed E-state index contributed by atoms with van der Waals surface area (Å²) in [5.41, 5.74) is 6.27. The van der Waals surface area contributed by atoms with Gasteiger partial charge in [-0.2, -0.15) is 0 Å². The van der Waals surface area contributed by atoms with Crippen molar-refractivity contribution in [3.05, 3.63) is 53.1 Å². The predicted molar refractivity (Wildman–Crippen MR) is 85.7 cm³/mol. The minimum Gasteiger partial charge on any atom is -0.298 e. The average Bonchev–Trinajstić information content (AvgIpc) is 2.82. The molecule has 1 aliphatic carbocycles. The second-order valence-electron chi connectivity index (χ2n) is 6.70. The first-order valence-corrected chi connectivity index (χ1v) is 7.26. The topological polar surface area (TPSA) is 17.1 Å². The van der Waals surface area contributed by atoms with E-state index < -0.39 is 0 Å². The van der Waals surface area contributed by atoms with E-state index in [2.05, 4.69) is 41.2 Å². The van der Waals surface area contributed by atoms with Gasteiger partial charge < -0.3 is 0 Å². The van der Waals surface area contributed by atoms with Crippen LogP contribution in [0.15, 0.2) is 42.0 Å². The van der Waals surface area contributed by atoms with Gasteiger partial charge in [0.15, 0.2) is 0 Å². The molecule has 0 heterocycles. The minimum absolute atomic E-state index is 0.212. The van der Waals surface area contributed by atoms with Crippen molar-refractivity contribution in [1.82, 2.24) is 0 Å². The molecule has 106 valence electrons. The highest BCUT2D eigenvalue weighted by Gasteiger charge is 2.61. The molecule has 1 aromatic carbocycles. The highest BCUT2D eigenvalue weighted by molar-refractivity contribution is 5.87. The van der Waals surface area contributed by atoms with Crippen LogP contribution in [-0.2, 0) is 0 Å². The van der Waals surface area contributed by atoms with Crippen molar-refractivity contribution in [3.8, 4) is 0 Å². The van der Waals surface area contributed by atoms with E-state index in [1.165, 1.54) is 22.3 Å². The number of aldehydes is 1. The Hall–Kier alpha value is -1.63. The maximum atomic E-state index is 10.8. The summed E-state index contributed by atoms with van der Waals surface area (Å²) in [6.45, 7) is 15.6. The minimum atomic E-state index is 0.212. The lowest BCUT2D eigenvalue weighted by molar-refractivity contribution is 0.112. The molecule has 0 spiro atoms. The van der Waals surface area contributed by atoms with Crippen LogP contribution in [0.5, 0.6) is 0 Å². The molecule has 20 heavy (non-hydrogen) atoms. The summed E-state index contributed by atoms with van der Waals surface area (Å²) in [6, 6.07) is 7.84. The first-order valence-electron chi connectivity index (χ1n) is 7.26. The summed E-state index contributed by atoms with van der Waals surface area (Å²) in [6.07, 6.45) is 1.83. The number of carbonyl (C=O) groups excluding carboxylic acids is 1. The Morgan fingerprint density at radius 3 is 1.95 bits per heavy atom. The lowest BCUT2D eigenvalue weighted by Crippen LogP contribution is -1.95. The lowest BCUT2D eigenvalue weighted by Gasteiger charge is -2.11. The van der Waals surface area contributed by atoms with Gasteiger partial charge in [0.25, 0.3) is 0 Å². The molecule has 1 aromatic rings. The summed E-state index contributed by atoms with van der Waals surface area (Å²) in [4.78, 5) is 10.8. The number of hydrogen-bond acceptors (Lipinski definition) is 1. The maximum Gasteiger partial charge on any atom is 0.150 e. The van der Waals surface area contributed by atoms with Crippen molar-refractivity contribution in [2.24, 2.45) is 10.8 Å². The third kappa shape index (κ3) is 2.06. The normalized spacial score (nSPS) is 18.6. The van der Waals surface area contributed by atoms with Gasteiger partial charge >= 0.3 is 0 Å². The van der Waals surface area contributed by atoms with Crippen molar-refractivity contribution in [2.75, 3.05) is 0 Å². The number of carbonyl (C=O) groups is 1. The summed E-state index contributed by atoms with van der Waals surface area (Å²) in [7, 11) is 0. The van der Waals surface area contributed by atoms with Crippen molar-refractivity contribution >= 4 is 11.9 Å². The molecule has 0 aliphatic heterocycles. The van der Waals surface area contributed by atoms with Gasteiger partial charge in [-0.25, -0.2) is 0 Å². The van der Waals surface area contributed by atoms with Crippen LogP contribution in [0, 0.1) is 10.8 Å². The SMILES string of the molecule is C=C(CC)C(=C1C(C)(C)C1(C)C)c1ccc(C=O)cc1. The number of hydrogen-bond donors (Lipinski definition) is 0. The third-order valence-electron chi connectivity index (χ3n) is 5.12. The Balaban J connectivity index is 2.59. The average molecular weight is 268 g/mol. The van der Waals surface area contributed by atoms with Crippen molar-refractivity contribution < 1.29 is 4.79 Å². The van der Waals surface area contributed by atoms with Gasteiger partial charge in [-0.3, -0.25) is 4.79 Å². The molecule has 1 fully saturated rings. The number of benzene rings is 1. The lowest BCUT2D eigenvalue weighted by atomic mass is 9.93. The first kappa shape index (κ1) is 14.8. The molecular formula is C19H24O. The molecule has 1 nitrogen and oxygen atoms in total. The second-order valence-corrected chi connectivity index (χ2v) is 6.70. The zero-order valence-electron chi connectivity index (χ0n) is 13.2. The van der Waals surface area contributed by atoms with Crippen LogP contribution in [0.25, 0.3) is 5.57 Å². The van der Waals surface area contributed by atoms with Crippen molar-refractivity contribution in [3.63, 3.8) is 0 Å². The van der Waals surface area contributed by atoms with Crippen LogP contribution < -0.4 is 0 Å². The Morgan fingerprint density at radius 2 is 1.60 bits per heavy atom. The van der Waals surface area contributed by atoms with Gasteiger partial charge in [0.1, 0.15) is 6.29 Å². The van der Waals surface area contributed by atoms with Crippen molar-refractivity contribution in [2.45, 2.75) is 41.0 Å². The van der Waals surface area contributed by atoms with E-state index in [-0.39, 0.29) is 10.8 Å². The fourth-order valence-corrected chi connectivity index (χ4v) is 3.09. The van der Waals surface area contributed by atoms with Gasteiger partial charge in [0.2, 0.25) is 0 Å². The molecule has 0 bridgehead atoms. The van der Waals surface area contributed by atoms with E-state index in [0.717, 1.165) is 18.3 Å². The standard InChI is InChI=1S/C19H24O/c1-7-13(2)16(17-18(3,4)19(17,5)6)15-10-8-14(12-20)9-11-15/h8-12H,2,7H2,1,3-6H3. The first-order chi connectivity index (χ1) is 9.27. The fraction of sp³-hybridized carbons (Fsp3) is 0.421.